The Bertz CT molecular complexity index is 536. The van der Waals surface area contributed by atoms with Gasteiger partial charge in [0, 0.05) is 11.7 Å². The van der Waals surface area contributed by atoms with Crippen molar-refractivity contribution >= 4 is 39.0 Å². The number of benzene rings is 1. The molecular weight excluding hydrogens is 284 g/mol. The molecule has 0 aliphatic carbocycles. The van der Waals surface area contributed by atoms with Crippen LogP contribution in [0.2, 0.25) is 0 Å². The van der Waals surface area contributed by atoms with Gasteiger partial charge >= 0.3 is 0 Å². The van der Waals surface area contributed by atoms with Crippen molar-refractivity contribution in [1.29, 1.82) is 0 Å². The minimum atomic E-state index is 0.539. The molecule has 0 saturated carbocycles. The maximum absolute atomic E-state index is 4.58. The number of rotatable bonds is 8. The summed E-state index contributed by atoms with van der Waals surface area (Å²) in [5.41, 5.74) is 2.33. The molecule has 0 aliphatic rings. The zero-order valence-electron chi connectivity index (χ0n) is 12.6. The molecule has 0 bridgehead atoms. The Balaban J connectivity index is 1.91. The van der Waals surface area contributed by atoms with Gasteiger partial charge in [-0.2, -0.15) is 0 Å². The first-order valence-corrected chi connectivity index (χ1v) is 9.48. The van der Waals surface area contributed by atoms with Crippen molar-refractivity contribution in [2.75, 3.05) is 11.6 Å². The van der Waals surface area contributed by atoms with Gasteiger partial charge in [0.2, 0.25) is 0 Å². The number of thioether (sulfide) groups is 1. The molecule has 0 saturated heterocycles. The third-order valence-corrected chi connectivity index (χ3v) is 5.45. The summed E-state index contributed by atoms with van der Waals surface area (Å²) in [6.07, 6.45) is 8.67. The lowest BCUT2D eigenvalue weighted by Gasteiger charge is -2.15. The lowest BCUT2D eigenvalue weighted by atomic mass is 10.1. The van der Waals surface area contributed by atoms with E-state index in [1.807, 2.05) is 0 Å². The van der Waals surface area contributed by atoms with Gasteiger partial charge in [0.15, 0.2) is 4.34 Å². The molecular formula is C16H24N2S2. The Morgan fingerprint density at radius 1 is 1.30 bits per heavy atom. The van der Waals surface area contributed by atoms with E-state index in [0.717, 1.165) is 9.86 Å². The highest BCUT2D eigenvalue weighted by Crippen LogP contribution is 2.30. The van der Waals surface area contributed by atoms with E-state index < -0.39 is 0 Å². The van der Waals surface area contributed by atoms with Crippen molar-refractivity contribution < 1.29 is 0 Å². The normalized spacial score (nSPS) is 12.8. The summed E-state index contributed by atoms with van der Waals surface area (Å²) in [7, 11) is 0. The van der Waals surface area contributed by atoms with Gasteiger partial charge < -0.3 is 5.32 Å². The Labute approximate surface area is 130 Å². The largest absolute Gasteiger partial charge is 0.383 e. The summed E-state index contributed by atoms with van der Waals surface area (Å²) >= 11 is 3.49. The van der Waals surface area contributed by atoms with Gasteiger partial charge in [-0.25, -0.2) is 4.98 Å². The third kappa shape index (κ3) is 4.38. The number of unbranched alkanes of at least 4 members (excludes halogenated alkanes) is 3. The number of nitrogens with one attached hydrogen (secondary N) is 1. The number of anilines is 1. The lowest BCUT2D eigenvalue weighted by molar-refractivity contribution is 0.594. The maximum Gasteiger partial charge on any atom is 0.150 e. The van der Waals surface area contributed by atoms with E-state index in [4.69, 9.17) is 0 Å². The minimum absolute atomic E-state index is 0.539. The average molecular weight is 309 g/mol. The number of aromatic nitrogens is 1. The number of hydrogen-bond acceptors (Lipinski definition) is 4. The lowest BCUT2D eigenvalue weighted by Crippen LogP contribution is -2.14. The molecule has 4 heteroatoms. The van der Waals surface area contributed by atoms with Crippen molar-refractivity contribution in [2.45, 2.75) is 56.3 Å². The molecule has 2 nitrogen and oxygen atoms in total. The predicted molar refractivity (Wildman–Crippen MR) is 93.2 cm³/mol. The number of fused-ring (bicyclic) bond motifs is 1. The van der Waals surface area contributed by atoms with E-state index >= 15 is 0 Å². The average Bonchev–Trinajstić information content (AvgIpc) is 2.86. The summed E-state index contributed by atoms with van der Waals surface area (Å²) in [4.78, 5) is 4.58. The van der Waals surface area contributed by atoms with Gasteiger partial charge in [-0.3, -0.25) is 0 Å². The van der Waals surface area contributed by atoms with Crippen LogP contribution in [0.25, 0.3) is 10.2 Å². The second-order valence-corrected chi connectivity index (χ2v) is 7.35. The van der Waals surface area contributed by atoms with Crippen LogP contribution in [0.1, 0.15) is 46.0 Å². The fourth-order valence-corrected chi connectivity index (χ4v) is 3.84. The third-order valence-electron chi connectivity index (χ3n) is 3.45. The van der Waals surface area contributed by atoms with Crippen LogP contribution >= 0.6 is 23.1 Å². The van der Waals surface area contributed by atoms with Crippen LogP contribution in [0.3, 0.4) is 0 Å². The summed E-state index contributed by atoms with van der Waals surface area (Å²) in [5.74, 6) is 0. The minimum Gasteiger partial charge on any atom is -0.383 e. The molecule has 1 aromatic carbocycles. The predicted octanol–water partition coefficient (Wildman–Crippen LogP) is 5.79. The maximum atomic E-state index is 4.58. The molecule has 1 atom stereocenters. The highest BCUT2D eigenvalue weighted by Gasteiger charge is 2.06. The van der Waals surface area contributed by atoms with Crippen molar-refractivity contribution in [2.24, 2.45) is 0 Å². The molecule has 110 valence electrons. The van der Waals surface area contributed by atoms with E-state index in [1.165, 1.54) is 42.5 Å². The molecule has 2 aromatic rings. The SMILES string of the molecule is CCCCCCC(C)Nc1ccc2nc(SC)sc2c1. The van der Waals surface area contributed by atoms with E-state index in [9.17, 15) is 0 Å². The Morgan fingerprint density at radius 2 is 2.15 bits per heavy atom. The van der Waals surface area contributed by atoms with Gasteiger partial charge in [0.25, 0.3) is 0 Å². The zero-order chi connectivity index (χ0) is 14.4. The molecule has 0 aliphatic heterocycles. The van der Waals surface area contributed by atoms with Crippen molar-refractivity contribution in [3.8, 4) is 0 Å². The van der Waals surface area contributed by atoms with Crippen LogP contribution in [-0.4, -0.2) is 17.3 Å². The van der Waals surface area contributed by atoms with Crippen LogP contribution in [0.5, 0.6) is 0 Å². The molecule has 2 rings (SSSR count). The van der Waals surface area contributed by atoms with Crippen LogP contribution < -0.4 is 5.32 Å². The molecule has 0 fully saturated rings. The summed E-state index contributed by atoms with van der Waals surface area (Å²) < 4.78 is 2.42. The number of nitrogens with zero attached hydrogens (tertiary/aromatic N) is 1. The van der Waals surface area contributed by atoms with Crippen LogP contribution in [0.4, 0.5) is 5.69 Å². The van der Waals surface area contributed by atoms with Gasteiger partial charge in [-0.15, -0.1) is 11.3 Å². The standard InChI is InChI=1S/C16H24N2S2/c1-4-5-6-7-8-12(2)17-13-9-10-14-15(11-13)20-16(18-14)19-3/h9-12,17H,4-8H2,1-3H3. The van der Waals surface area contributed by atoms with Crippen molar-refractivity contribution in [1.82, 2.24) is 4.98 Å². The highest BCUT2D eigenvalue weighted by atomic mass is 32.2. The molecule has 0 amide bonds. The number of hydrogen-bond donors (Lipinski definition) is 1. The summed E-state index contributed by atoms with van der Waals surface area (Å²) in [5, 5.41) is 3.61. The molecule has 0 radical (unpaired) electrons. The van der Waals surface area contributed by atoms with Gasteiger partial charge in [-0.05, 0) is 37.8 Å². The first-order valence-electron chi connectivity index (χ1n) is 7.44. The van der Waals surface area contributed by atoms with E-state index in [2.05, 4.69) is 48.6 Å². The quantitative estimate of drug-likeness (QED) is 0.493. The molecule has 0 spiro atoms. The summed E-state index contributed by atoms with van der Waals surface area (Å²) in [6, 6.07) is 7.04. The topological polar surface area (TPSA) is 24.9 Å². The second-order valence-electron chi connectivity index (χ2n) is 5.26. The Morgan fingerprint density at radius 3 is 2.90 bits per heavy atom. The molecule has 1 unspecified atom stereocenters. The van der Waals surface area contributed by atoms with Crippen molar-refractivity contribution in [3.05, 3.63) is 18.2 Å². The highest BCUT2D eigenvalue weighted by molar-refractivity contribution is 8.00. The van der Waals surface area contributed by atoms with Gasteiger partial charge in [0.1, 0.15) is 0 Å². The van der Waals surface area contributed by atoms with E-state index in [0.29, 0.717) is 6.04 Å². The Kier molecular flexibility index (Phi) is 6.17. The Hall–Kier alpha value is -0.740. The van der Waals surface area contributed by atoms with Crippen LogP contribution in [-0.2, 0) is 0 Å². The first-order chi connectivity index (χ1) is 9.72. The fraction of sp³-hybridized carbons (Fsp3) is 0.562. The fourth-order valence-electron chi connectivity index (χ4n) is 2.31. The van der Waals surface area contributed by atoms with E-state index in [-0.39, 0.29) is 0 Å². The summed E-state index contributed by atoms with van der Waals surface area (Å²) in [6.45, 7) is 4.53. The van der Waals surface area contributed by atoms with Gasteiger partial charge in [0.05, 0.1) is 10.2 Å². The van der Waals surface area contributed by atoms with Crippen molar-refractivity contribution in [3.63, 3.8) is 0 Å². The monoisotopic (exact) mass is 308 g/mol. The van der Waals surface area contributed by atoms with Gasteiger partial charge in [-0.1, -0.05) is 44.4 Å². The van der Waals surface area contributed by atoms with Crippen LogP contribution in [0, 0.1) is 0 Å². The number of thiazole rings is 1. The smallest absolute Gasteiger partial charge is 0.150 e. The first kappa shape index (κ1) is 15.6. The molecule has 1 aromatic heterocycles. The van der Waals surface area contributed by atoms with E-state index in [1.54, 1.807) is 23.1 Å². The zero-order valence-corrected chi connectivity index (χ0v) is 14.2. The molecule has 1 N–H and O–H groups in total. The molecule has 20 heavy (non-hydrogen) atoms. The molecule has 1 heterocycles. The second kappa shape index (κ2) is 7.89. The van der Waals surface area contributed by atoms with Crippen LogP contribution in [0.15, 0.2) is 22.5 Å².